The smallest absolute Gasteiger partial charge is 0.271 e. The zero-order chi connectivity index (χ0) is 22.7. The summed E-state index contributed by atoms with van der Waals surface area (Å²) in [6, 6.07) is 16.2. The summed E-state index contributed by atoms with van der Waals surface area (Å²) in [7, 11) is 3.06. The summed E-state index contributed by atoms with van der Waals surface area (Å²) in [5.74, 6) is 0.323. The molecule has 0 saturated heterocycles. The number of hydrazine groups is 1. The van der Waals surface area contributed by atoms with Gasteiger partial charge in [-0.25, -0.2) is 19.4 Å². The van der Waals surface area contributed by atoms with Crippen LogP contribution >= 0.6 is 24.0 Å². The van der Waals surface area contributed by atoms with Crippen molar-refractivity contribution in [2.24, 2.45) is 0 Å². The van der Waals surface area contributed by atoms with Crippen LogP contribution in [0.25, 0.3) is 10.9 Å². The molecule has 4 aromatic rings. The van der Waals surface area contributed by atoms with E-state index in [0.29, 0.717) is 33.9 Å². The molecule has 3 aromatic carbocycles. The molecule has 4 rings (SSSR count). The zero-order valence-electron chi connectivity index (χ0n) is 17.6. The molecule has 33 heavy (non-hydrogen) atoms. The predicted octanol–water partition coefficient (Wildman–Crippen LogP) is 5.34. The topological polar surface area (TPSA) is 76.6 Å². The highest BCUT2D eigenvalue weighted by molar-refractivity contribution is 6.33. The molecular weight excluding hydrogens is 470 g/mol. The summed E-state index contributed by atoms with van der Waals surface area (Å²) in [6.07, 6.45) is 1.39. The van der Waals surface area contributed by atoms with Gasteiger partial charge in [0.1, 0.15) is 12.1 Å². The molecule has 0 saturated carbocycles. The molecule has 1 heterocycles. The van der Waals surface area contributed by atoms with Gasteiger partial charge in [0.15, 0.2) is 17.3 Å². The fourth-order valence-corrected chi connectivity index (χ4v) is 3.45. The SMILES string of the molecule is COc1cc2ncnc(N(NC(=O)c3ccc(F)cc3Cl)c3ccccc3)c2cc1OC.Cl. The molecule has 0 bridgehead atoms. The van der Waals surface area contributed by atoms with Crippen LogP contribution in [0, 0.1) is 5.82 Å². The molecule has 0 radical (unpaired) electrons. The molecule has 0 aliphatic rings. The fraction of sp³-hybridized carbons (Fsp3) is 0.0870. The lowest BCUT2D eigenvalue weighted by Crippen LogP contribution is -2.39. The summed E-state index contributed by atoms with van der Waals surface area (Å²) < 4.78 is 24.2. The lowest BCUT2D eigenvalue weighted by atomic mass is 10.2. The average Bonchev–Trinajstić information content (AvgIpc) is 2.81. The first-order chi connectivity index (χ1) is 15.5. The molecule has 0 unspecified atom stereocenters. The molecule has 1 N–H and O–H groups in total. The van der Waals surface area contributed by atoms with E-state index in [2.05, 4.69) is 15.4 Å². The highest BCUT2D eigenvalue weighted by Crippen LogP contribution is 2.36. The number of amides is 1. The first-order valence-electron chi connectivity index (χ1n) is 9.49. The summed E-state index contributed by atoms with van der Waals surface area (Å²) in [5, 5.41) is 2.12. The third-order valence-electron chi connectivity index (χ3n) is 4.73. The minimum absolute atomic E-state index is 0. The summed E-state index contributed by atoms with van der Waals surface area (Å²) >= 11 is 6.09. The van der Waals surface area contributed by atoms with Gasteiger partial charge in [-0.3, -0.25) is 10.2 Å². The van der Waals surface area contributed by atoms with Gasteiger partial charge >= 0.3 is 0 Å². The molecule has 0 atom stereocenters. The minimum Gasteiger partial charge on any atom is -0.493 e. The van der Waals surface area contributed by atoms with Gasteiger partial charge in [0.25, 0.3) is 5.91 Å². The third-order valence-corrected chi connectivity index (χ3v) is 5.05. The lowest BCUT2D eigenvalue weighted by Gasteiger charge is -2.25. The Bertz CT molecular complexity index is 1290. The Labute approximate surface area is 200 Å². The Balaban J connectivity index is 0.00000306. The number of fused-ring (bicyclic) bond motifs is 1. The highest BCUT2D eigenvalue weighted by atomic mass is 35.5. The van der Waals surface area contributed by atoms with Crippen LogP contribution in [-0.2, 0) is 0 Å². The largest absolute Gasteiger partial charge is 0.493 e. The van der Waals surface area contributed by atoms with Crippen LogP contribution in [0.1, 0.15) is 10.4 Å². The Hall–Kier alpha value is -3.62. The number of anilines is 2. The number of nitrogens with zero attached hydrogens (tertiary/aromatic N) is 3. The zero-order valence-corrected chi connectivity index (χ0v) is 19.2. The lowest BCUT2D eigenvalue weighted by molar-refractivity contribution is 0.0953. The van der Waals surface area contributed by atoms with Crippen molar-refractivity contribution in [2.45, 2.75) is 0 Å². The van der Waals surface area contributed by atoms with Crippen LogP contribution in [0.3, 0.4) is 0 Å². The average molecular weight is 489 g/mol. The van der Waals surface area contributed by atoms with Gasteiger partial charge in [-0.15, -0.1) is 12.4 Å². The molecule has 170 valence electrons. The first-order valence-corrected chi connectivity index (χ1v) is 9.87. The molecule has 0 aliphatic heterocycles. The maximum atomic E-state index is 13.4. The number of para-hydroxylation sites is 1. The van der Waals surface area contributed by atoms with Crippen LogP contribution in [0.15, 0.2) is 67.0 Å². The monoisotopic (exact) mass is 488 g/mol. The molecule has 1 amide bonds. The maximum Gasteiger partial charge on any atom is 0.271 e. The van der Waals surface area contributed by atoms with Crippen molar-refractivity contribution in [2.75, 3.05) is 19.2 Å². The van der Waals surface area contributed by atoms with E-state index in [9.17, 15) is 9.18 Å². The third kappa shape index (κ3) is 4.92. The number of carbonyl (C=O) groups excluding carboxylic acids is 1. The van der Waals surface area contributed by atoms with Crippen LogP contribution in [0.5, 0.6) is 11.5 Å². The van der Waals surface area contributed by atoms with Gasteiger partial charge in [-0.1, -0.05) is 29.8 Å². The molecule has 0 fully saturated rings. The fourth-order valence-electron chi connectivity index (χ4n) is 3.20. The van der Waals surface area contributed by atoms with Gasteiger partial charge in [0.05, 0.1) is 36.0 Å². The van der Waals surface area contributed by atoms with Gasteiger partial charge in [0, 0.05) is 11.5 Å². The summed E-state index contributed by atoms with van der Waals surface area (Å²) in [5.41, 5.74) is 4.15. The number of ether oxygens (including phenoxy) is 2. The maximum absolute atomic E-state index is 13.4. The van der Waals surface area contributed by atoms with Crippen molar-refractivity contribution in [3.63, 3.8) is 0 Å². The quantitative estimate of drug-likeness (QED) is 0.369. The van der Waals surface area contributed by atoms with E-state index in [1.165, 1.54) is 37.7 Å². The van der Waals surface area contributed by atoms with Crippen LogP contribution in [-0.4, -0.2) is 30.1 Å². The number of rotatable bonds is 6. The second kappa shape index (κ2) is 10.3. The van der Waals surface area contributed by atoms with Gasteiger partial charge in [-0.05, 0) is 36.4 Å². The molecule has 10 heteroatoms. The number of hydrogen-bond donors (Lipinski definition) is 1. The molecule has 0 aliphatic carbocycles. The van der Waals surface area contributed by atoms with Crippen molar-refractivity contribution in [1.82, 2.24) is 15.4 Å². The predicted molar refractivity (Wildman–Crippen MR) is 127 cm³/mol. The summed E-state index contributed by atoms with van der Waals surface area (Å²) in [4.78, 5) is 21.8. The van der Waals surface area contributed by atoms with E-state index in [1.807, 2.05) is 18.2 Å². The molecular formula is C23H19Cl2FN4O3. The Morgan fingerprint density at radius 3 is 2.36 bits per heavy atom. The van der Waals surface area contributed by atoms with E-state index in [1.54, 1.807) is 24.3 Å². The van der Waals surface area contributed by atoms with Gasteiger partial charge in [0.2, 0.25) is 0 Å². The normalized spacial score (nSPS) is 10.3. The Morgan fingerprint density at radius 1 is 1.00 bits per heavy atom. The Kier molecular flexibility index (Phi) is 7.52. The standard InChI is InChI=1S/C23H18ClFN4O3.ClH/c1-31-20-11-17-19(12-21(20)32-2)26-13-27-22(17)29(15-6-4-3-5-7-15)28-23(30)16-9-8-14(25)10-18(16)24;/h3-13H,1-2H3,(H,28,30);1H. The summed E-state index contributed by atoms with van der Waals surface area (Å²) in [6.45, 7) is 0. The van der Waals surface area contributed by atoms with E-state index >= 15 is 0 Å². The first kappa shape index (κ1) is 24.0. The van der Waals surface area contributed by atoms with E-state index in [0.717, 1.165) is 6.07 Å². The molecule has 7 nitrogen and oxygen atoms in total. The number of carbonyl (C=O) groups is 1. The van der Waals surface area contributed by atoms with E-state index in [-0.39, 0.29) is 23.0 Å². The minimum atomic E-state index is -0.536. The van der Waals surface area contributed by atoms with Crippen molar-refractivity contribution in [1.29, 1.82) is 0 Å². The number of aromatic nitrogens is 2. The van der Waals surface area contributed by atoms with Crippen LogP contribution < -0.4 is 19.9 Å². The number of methoxy groups -OCH3 is 2. The van der Waals surface area contributed by atoms with Crippen molar-refractivity contribution >= 4 is 52.3 Å². The van der Waals surface area contributed by atoms with E-state index < -0.39 is 11.7 Å². The van der Waals surface area contributed by atoms with E-state index in [4.69, 9.17) is 21.1 Å². The van der Waals surface area contributed by atoms with Crippen molar-refractivity contribution < 1.29 is 18.7 Å². The van der Waals surface area contributed by atoms with Gasteiger partial charge < -0.3 is 9.47 Å². The number of halogens is 3. The number of benzene rings is 3. The second-order valence-corrected chi connectivity index (χ2v) is 7.06. The second-order valence-electron chi connectivity index (χ2n) is 6.66. The number of hydrogen-bond acceptors (Lipinski definition) is 6. The van der Waals surface area contributed by atoms with Crippen LogP contribution in [0.2, 0.25) is 5.02 Å². The molecule has 1 aromatic heterocycles. The van der Waals surface area contributed by atoms with Crippen LogP contribution in [0.4, 0.5) is 15.9 Å². The van der Waals surface area contributed by atoms with Crippen molar-refractivity contribution in [3.05, 3.63) is 83.4 Å². The highest BCUT2D eigenvalue weighted by Gasteiger charge is 2.21. The number of nitrogens with one attached hydrogen (secondary N) is 1. The van der Waals surface area contributed by atoms with Gasteiger partial charge in [-0.2, -0.15) is 0 Å². The molecule has 0 spiro atoms. The van der Waals surface area contributed by atoms with Crippen molar-refractivity contribution in [3.8, 4) is 11.5 Å². The Morgan fingerprint density at radius 2 is 1.70 bits per heavy atom.